The Kier molecular flexibility index (Phi) is 11.1. The molecule has 0 atom stereocenters. The summed E-state index contributed by atoms with van der Waals surface area (Å²) in [5.74, 6) is 1.52. The summed E-state index contributed by atoms with van der Waals surface area (Å²) in [7, 11) is -2.94. The fourth-order valence-electron chi connectivity index (χ4n) is 3.11. The van der Waals surface area contributed by atoms with Crippen LogP contribution in [0.4, 0.5) is 11.4 Å². The maximum absolute atomic E-state index is 6.40. The number of rotatable bonds is 10. The van der Waals surface area contributed by atoms with Crippen LogP contribution in [0.5, 0.6) is 11.5 Å². The molecule has 0 saturated heterocycles. The second kappa shape index (κ2) is 12.8. The van der Waals surface area contributed by atoms with Gasteiger partial charge in [-0.05, 0) is 113 Å². The highest BCUT2D eigenvalue weighted by Crippen LogP contribution is 2.24. The second-order valence-corrected chi connectivity index (χ2v) is 17.5. The number of nitrogen functional groups attached to an aromatic ring is 2. The van der Waals surface area contributed by atoms with E-state index in [1.54, 1.807) is 24.3 Å². The predicted molar refractivity (Wildman–Crippen MR) is 135 cm³/mol. The van der Waals surface area contributed by atoms with Crippen LogP contribution in [-0.2, 0) is 4.12 Å². The van der Waals surface area contributed by atoms with E-state index in [9.17, 15) is 0 Å². The van der Waals surface area contributed by atoms with Gasteiger partial charge >= 0.3 is 0 Å². The maximum Gasteiger partial charge on any atom is 0.173 e. The molecule has 8 heteroatoms. The highest BCUT2D eigenvalue weighted by atomic mass is 28.4. The fourth-order valence-corrected chi connectivity index (χ4v) is 12.0. The van der Waals surface area contributed by atoms with Crippen LogP contribution in [0.15, 0.2) is 48.5 Å². The van der Waals surface area contributed by atoms with Gasteiger partial charge in [0.05, 0.1) is 0 Å². The molecule has 6 nitrogen and oxygen atoms in total. The Morgan fingerprint density at radius 1 is 0.633 bits per heavy atom. The van der Waals surface area contributed by atoms with Gasteiger partial charge in [0.15, 0.2) is 16.6 Å². The van der Waals surface area contributed by atoms with Gasteiger partial charge in [-0.1, -0.05) is 0 Å². The van der Waals surface area contributed by atoms with Crippen molar-refractivity contribution < 1.29 is 8.85 Å². The van der Waals surface area contributed by atoms with Crippen molar-refractivity contribution in [3.63, 3.8) is 0 Å². The number of ether oxygens (including phenoxy) is 1. The smallest absolute Gasteiger partial charge is 0.173 e. The van der Waals surface area contributed by atoms with Crippen LogP contribution in [0.1, 0.15) is 12.8 Å². The minimum Gasteiger partial charge on any atom is -0.457 e. The minimum absolute atomic E-state index is 0.722. The van der Waals surface area contributed by atoms with E-state index < -0.39 is 16.6 Å². The highest BCUT2D eigenvalue weighted by molar-refractivity contribution is 6.84. The molecule has 0 unspecified atom stereocenters. The van der Waals surface area contributed by atoms with Crippen molar-refractivity contribution >= 4 is 28.0 Å². The van der Waals surface area contributed by atoms with Gasteiger partial charge in [-0.15, -0.1) is 0 Å². The van der Waals surface area contributed by atoms with E-state index in [1.807, 2.05) is 24.3 Å². The molecular weight excluding hydrogens is 408 g/mol. The van der Waals surface area contributed by atoms with Crippen molar-refractivity contribution in [3.8, 4) is 11.5 Å². The first-order valence-electron chi connectivity index (χ1n) is 10.6. The molecule has 0 aliphatic heterocycles. The van der Waals surface area contributed by atoms with Gasteiger partial charge < -0.3 is 31.8 Å². The quantitative estimate of drug-likeness (QED) is 0.307. The molecular formula is C22H40N4O2Si2. The van der Waals surface area contributed by atoms with Crippen LogP contribution in [-0.4, -0.2) is 29.7 Å². The molecule has 168 valence electrons. The number of anilines is 2. The predicted octanol–water partition coefficient (Wildman–Crippen LogP) is 4.75. The molecule has 2 aromatic carbocycles. The largest absolute Gasteiger partial charge is 0.457 e. The molecule has 0 aromatic heterocycles. The lowest BCUT2D eigenvalue weighted by Gasteiger charge is -2.34. The van der Waals surface area contributed by atoms with E-state index in [1.165, 1.54) is 12.1 Å². The summed E-state index contributed by atoms with van der Waals surface area (Å²) in [5.41, 5.74) is 23.7. The van der Waals surface area contributed by atoms with E-state index in [0.717, 1.165) is 48.8 Å². The molecule has 0 amide bonds. The van der Waals surface area contributed by atoms with Crippen LogP contribution in [0.25, 0.3) is 0 Å². The lowest BCUT2D eigenvalue weighted by Crippen LogP contribution is -2.44. The molecule has 0 aliphatic carbocycles. The Hall–Kier alpha value is -1.85. The first-order valence-corrected chi connectivity index (χ1v) is 16.8. The molecule has 0 saturated carbocycles. The second-order valence-electron chi connectivity index (χ2n) is 8.65. The van der Waals surface area contributed by atoms with Crippen LogP contribution in [0.2, 0.25) is 38.3 Å². The van der Waals surface area contributed by atoms with Crippen LogP contribution >= 0.6 is 0 Å². The Labute approximate surface area is 184 Å². The van der Waals surface area contributed by atoms with Crippen molar-refractivity contribution in [2.75, 3.05) is 24.6 Å². The van der Waals surface area contributed by atoms with Gasteiger partial charge in [0, 0.05) is 11.4 Å². The summed E-state index contributed by atoms with van der Waals surface area (Å²) in [6.45, 7) is 10.8. The zero-order chi connectivity index (χ0) is 22.6. The Morgan fingerprint density at radius 3 is 1.27 bits per heavy atom. The zero-order valence-corrected chi connectivity index (χ0v) is 21.0. The fraction of sp³-hybridized carbons (Fsp3) is 0.455. The van der Waals surface area contributed by atoms with E-state index in [0.29, 0.717) is 0 Å². The maximum atomic E-state index is 6.40. The normalized spacial score (nSPS) is 11.5. The van der Waals surface area contributed by atoms with Crippen molar-refractivity contribution in [1.29, 1.82) is 0 Å². The third-order valence-electron chi connectivity index (χ3n) is 4.51. The third-order valence-corrected chi connectivity index (χ3v) is 12.1. The first-order chi connectivity index (χ1) is 14.1. The SMILES string of the molecule is C[Si](C)(CCCN)O[Si](C)(C)CCCN.Nc1ccc(Oc2ccc(N)cc2)cc1. The minimum atomic E-state index is -1.47. The molecule has 0 radical (unpaired) electrons. The van der Waals surface area contributed by atoms with Crippen LogP contribution < -0.4 is 27.7 Å². The van der Waals surface area contributed by atoms with Crippen LogP contribution in [0, 0.1) is 0 Å². The summed E-state index contributed by atoms with van der Waals surface area (Å²) < 4.78 is 12.0. The van der Waals surface area contributed by atoms with E-state index >= 15 is 0 Å². The molecule has 0 heterocycles. The third kappa shape index (κ3) is 11.4. The Bertz CT molecular complexity index is 661. The van der Waals surface area contributed by atoms with Crippen molar-refractivity contribution in [1.82, 2.24) is 0 Å². The standard InChI is InChI=1S/C12H12N2O.C10H28N2OSi2/c13-9-1-5-11(6-2-9)15-12-7-3-10(14)4-8-12;1-14(2,9-5-7-11)13-15(3,4)10-6-8-12/h1-8H,13-14H2;5-12H2,1-4H3. The molecule has 0 fully saturated rings. The Balaban J connectivity index is 0.000000300. The summed E-state index contributed by atoms with van der Waals surface area (Å²) in [6, 6.07) is 16.9. The lowest BCUT2D eigenvalue weighted by molar-refractivity contribution is 0.483. The number of benzene rings is 2. The molecule has 2 aromatic rings. The number of hydrogen-bond acceptors (Lipinski definition) is 6. The van der Waals surface area contributed by atoms with E-state index in [4.69, 9.17) is 31.8 Å². The summed E-state index contributed by atoms with van der Waals surface area (Å²) in [6.07, 6.45) is 2.20. The average molecular weight is 449 g/mol. The molecule has 0 spiro atoms. The van der Waals surface area contributed by atoms with Gasteiger partial charge in [-0.2, -0.15) is 0 Å². The number of nitrogens with two attached hydrogens (primary N) is 4. The van der Waals surface area contributed by atoms with E-state index in [2.05, 4.69) is 26.2 Å². The Morgan fingerprint density at radius 2 is 0.967 bits per heavy atom. The molecule has 0 aliphatic rings. The van der Waals surface area contributed by atoms with Crippen LogP contribution in [0.3, 0.4) is 0 Å². The summed E-state index contributed by atoms with van der Waals surface area (Å²) >= 11 is 0. The van der Waals surface area contributed by atoms with E-state index in [-0.39, 0.29) is 0 Å². The topological polar surface area (TPSA) is 123 Å². The molecule has 0 bridgehead atoms. The zero-order valence-electron chi connectivity index (χ0n) is 19.0. The van der Waals surface area contributed by atoms with Crippen molar-refractivity contribution in [2.24, 2.45) is 11.5 Å². The van der Waals surface area contributed by atoms with Gasteiger partial charge in [0.2, 0.25) is 0 Å². The summed E-state index contributed by atoms with van der Waals surface area (Å²) in [5, 5.41) is 0. The average Bonchev–Trinajstić information content (AvgIpc) is 2.68. The van der Waals surface area contributed by atoms with Gasteiger partial charge in [0.25, 0.3) is 0 Å². The molecule has 2 rings (SSSR count). The van der Waals surface area contributed by atoms with Gasteiger partial charge in [-0.3, -0.25) is 0 Å². The van der Waals surface area contributed by atoms with Gasteiger partial charge in [0.1, 0.15) is 11.5 Å². The lowest BCUT2D eigenvalue weighted by atomic mass is 10.3. The summed E-state index contributed by atoms with van der Waals surface area (Å²) in [4.78, 5) is 0. The highest BCUT2D eigenvalue weighted by Gasteiger charge is 2.31. The van der Waals surface area contributed by atoms with Crippen molar-refractivity contribution in [3.05, 3.63) is 48.5 Å². The van der Waals surface area contributed by atoms with Gasteiger partial charge in [-0.25, -0.2) is 0 Å². The van der Waals surface area contributed by atoms with Crippen molar-refractivity contribution in [2.45, 2.75) is 51.1 Å². The first kappa shape index (κ1) is 26.2. The monoisotopic (exact) mass is 448 g/mol. The molecule has 30 heavy (non-hydrogen) atoms. The molecule has 8 N–H and O–H groups in total. The number of hydrogen-bond donors (Lipinski definition) is 4.